The summed E-state index contributed by atoms with van der Waals surface area (Å²) < 4.78 is 0. The van der Waals surface area contributed by atoms with Crippen LogP contribution >= 0.6 is 12.4 Å². The Hall–Kier alpha value is -1.10. The number of nitrogens with zero attached hydrogens (tertiary/aromatic N) is 1. The smallest absolute Gasteiger partial charge is 0.238 e. The summed E-state index contributed by atoms with van der Waals surface area (Å²) in [5, 5.41) is 3.02. The van der Waals surface area contributed by atoms with E-state index in [2.05, 4.69) is 22.3 Å². The quantitative estimate of drug-likeness (QED) is 0.892. The molecule has 1 amide bonds. The Balaban J connectivity index is 0.00000161. The molecule has 2 aliphatic rings. The molecular formula is C16H24ClN3O. The van der Waals surface area contributed by atoms with Crippen molar-refractivity contribution in [1.82, 2.24) is 4.90 Å². The van der Waals surface area contributed by atoms with Crippen LogP contribution in [0.1, 0.15) is 24.0 Å². The number of likely N-dealkylation sites (tertiary alicyclic amines) is 1. The van der Waals surface area contributed by atoms with Gasteiger partial charge in [-0.2, -0.15) is 0 Å². The van der Waals surface area contributed by atoms with E-state index in [0.717, 1.165) is 38.2 Å². The normalized spacial score (nSPS) is 20.9. The van der Waals surface area contributed by atoms with Gasteiger partial charge in [-0.25, -0.2) is 0 Å². The zero-order valence-electron chi connectivity index (χ0n) is 12.3. The summed E-state index contributed by atoms with van der Waals surface area (Å²) in [5.41, 5.74) is 9.44. The van der Waals surface area contributed by atoms with Crippen LogP contribution in [0.4, 0.5) is 5.69 Å². The fourth-order valence-corrected chi connectivity index (χ4v) is 3.30. The molecule has 3 rings (SSSR count). The van der Waals surface area contributed by atoms with E-state index in [0.29, 0.717) is 12.5 Å². The summed E-state index contributed by atoms with van der Waals surface area (Å²) in [6, 6.07) is 6.31. The molecule has 1 aliphatic carbocycles. The SMILES string of the molecule is Cl.NCC1CCN(CC(=O)Nc2ccc3c(c2)CCC3)C1. The molecular weight excluding hydrogens is 286 g/mol. The Morgan fingerprint density at radius 2 is 2.14 bits per heavy atom. The number of hydrogen-bond acceptors (Lipinski definition) is 3. The van der Waals surface area contributed by atoms with E-state index < -0.39 is 0 Å². The summed E-state index contributed by atoms with van der Waals surface area (Å²) in [6.45, 7) is 3.14. The highest BCUT2D eigenvalue weighted by Crippen LogP contribution is 2.25. The van der Waals surface area contributed by atoms with E-state index in [9.17, 15) is 4.79 Å². The number of hydrogen-bond donors (Lipinski definition) is 2. The van der Waals surface area contributed by atoms with Gasteiger partial charge in [0.15, 0.2) is 0 Å². The molecule has 5 heteroatoms. The Bertz CT molecular complexity index is 506. The first-order chi connectivity index (χ1) is 9.74. The van der Waals surface area contributed by atoms with Gasteiger partial charge in [0.2, 0.25) is 5.91 Å². The lowest BCUT2D eigenvalue weighted by Crippen LogP contribution is -2.32. The number of rotatable bonds is 4. The molecule has 0 aromatic heterocycles. The summed E-state index contributed by atoms with van der Waals surface area (Å²) in [5.74, 6) is 0.642. The monoisotopic (exact) mass is 309 g/mol. The first kappa shape index (κ1) is 16.3. The van der Waals surface area contributed by atoms with Crippen molar-refractivity contribution in [3.63, 3.8) is 0 Å². The minimum atomic E-state index is 0. The van der Waals surface area contributed by atoms with Crippen molar-refractivity contribution in [3.8, 4) is 0 Å². The van der Waals surface area contributed by atoms with Crippen LogP contribution in [-0.4, -0.2) is 37.0 Å². The molecule has 1 atom stereocenters. The topological polar surface area (TPSA) is 58.4 Å². The van der Waals surface area contributed by atoms with Gasteiger partial charge in [-0.15, -0.1) is 12.4 Å². The number of fused-ring (bicyclic) bond motifs is 1. The summed E-state index contributed by atoms with van der Waals surface area (Å²) in [6.07, 6.45) is 4.67. The van der Waals surface area contributed by atoms with E-state index in [-0.39, 0.29) is 18.3 Å². The molecule has 1 aliphatic heterocycles. The molecule has 1 aromatic rings. The number of benzene rings is 1. The van der Waals surface area contributed by atoms with Crippen LogP contribution in [0.5, 0.6) is 0 Å². The van der Waals surface area contributed by atoms with Crippen LogP contribution in [0.15, 0.2) is 18.2 Å². The lowest BCUT2D eigenvalue weighted by Gasteiger charge is -2.15. The van der Waals surface area contributed by atoms with Crippen molar-refractivity contribution in [2.45, 2.75) is 25.7 Å². The van der Waals surface area contributed by atoms with E-state index in [1.165, 1.54) is 24.0 Å². The molecule has 0 radical (unpaired) electrons. The number of carbonyl (C=O) groups is 1. The lowest BCUT2D eigenvalue weighted by atomic mass is 10.1. The number of nitrogens with one attached hydrogen (secondary N) is 1. The van der Waals surface area contributed by atoms with Gasteiger partial charge in [0.1, 0.15) is 0 Å². The maximum Gasteiger partial charge on any atom is 0.238 e. The van der Waals surface area contributed by atoms with Crippen molar-refractivity contribution < 1.29 is 4.79 Å². The Morgan fingerprint density at radius 3 is 2.90 bits per heavy atom. The van der Waals surface area contributed by atoms with E-state index in [1.54, 1.807) is 0 Å². The van der Waals surface area contributed by atoms with Crippen LogP contribution in [-0.2, 0) is 17.6 Å². The van der Waals surface area contributed by atoms with Crippen molar-refractivity contribution in [1.29, 1.82) is 0 Å². The molecule has 1 fully saturated rings. The predicted molar refractivity (Wildman–Crippen MR) is 87.9 cm³/mol. The van der Waals surface area contributed by atoms with Crippen molar-refractivity contribution >= 4 is 24.0 Å². The van der Waals surface area contributed by atoms with E-state index >= 15 is 0 Å². The molecule has 1 unspecified atom stereocenters. The number of amides is 1. The van der Waals surface area contributed by atoms with E-state index in [4.69, 9.17) is 5.73 Å². The van der Waals surface area contributed by atoms with Crippen molar-refractivity contribution in [2.75, 3.05) is 31.5 Å². The molecule has 21 heavy (non-hydrogen) atoms. The molecule has 1 saturated heterocycles. The number of halogens is 1. The number of nitrogens with two attached hydrogens (primary N) is 1. The van der Waals surface area contributed by atoms with Gasteiger partial charge < -0.3 is 11.1 Å². The Morgan fingerprint density at radius 1 is 1.33 bits per heavy atom. The highest BCUT2D eigenvalue weighted by Gasteiger charge is 2.22. The van der Waals surface area contributed by atoms with Gasteiger partial charge in [-0.1, -0.05) is 6.07 Å². The maximum atomic E-state index is 12.1. The largest absolute Gasteiger partial charge is 0.330 e. The first-order valence-electron chi connectivity index (χ1n) is 7.58. The molecule has 0 saturated carbocycles. The van der Waals surface area contributed by atoms with Gasteiger partial charge in [-0.05, 0) is 68.0 Å². The van der Waals surface area contributed by atoms with Gasteiger partial charge in [0.25, 0.3) is 0 Å². The standard InChI is InChI=1S/C16H23N3O.ClH/c17-9-12-6-7-19(10-12)11-16(20)18-15-5-4-13-2-1-3-14(13)8-15;/h4-5,8,12H,1-3,6-7,9-11,17H2,(H,18,20);1H. The second kappa shape index (κ2) is 7.25. The van der Waals surface area contributed by atoms with Gasteiger partial charge in [-0.3, -0.25) is 9.69 Å². The van der Waals surface area contributed by atoms with Crippen LogP contribution < -0.4 is 11.1 Å². The average molecular weight is 310 g/mol. The van der Waals surface area contributed by atoms with Gasteiger partial charge in [0.05, 0.1) is 6.54 Å². The molecule has 1 heterocycles. The molecule has 3 N–H and O–H groups in total. The molecule has 1 aromatic carbocycles. The fraction of sp³-hybridized carbons (Fsp3) is 0.562. The highest BCUT2D eigenvalue weighted by molar-refractivity contribution is 5.92. The molecule has 0 bridgehead atoms. The third-order valence-corrected chi connectivity index (χ3v) is 4.45. The molecule has 0 spiro atoms. The van der Waals surface area contributed by atoms with Crippen LogP contribution in [0.2, 0.25) is 0 Å². The highest BCUT2D eigenvalue weighted by atomic mass is 35.5. The fourth-order valence-electron chi connectivity index (χ4n) is 3.30. The Labute approximate surface area is 132 Å². The second-order valence-corrected chi connectivity index (χ2v) is 6.01. The maximum absolute atomic E-state index is 12.1. The third kappa shape index (κ3) is 3.96. The van der Waals surface area contributed by atoms with E-state index in [1.807, 2.05) is 6.07 Å². The lowest BCUT2D eigenvalue weighted by molar-refractivity contribution is -0.117. The number of anilines is 1. The number of aryl methyl sites for hydroxylation is 2. The van der Waals surface area contributed by atoms with Gasteiger partial charge in [0, 0.05) is 12.2 Å². The second-order valence-electron chi connectivity index (χ2n) is 6.01. The predicted octanol–water partition coefficient (Wildman–Crippen LogP) is 1.82. The zero-order valence-corrected chi connectivity index (χ0v) is 13.1. The minimum absolute atomic E-state index is 0. The summed E-state index contributed by atoms with van der Waals surface area (Å²) in [4.78, 5) is 14.3. The first-order valence-corrected chi connectivity index (χ1v) is 7.58. The van der Waals surface area contributed by atoms with Crippen LogP contribution in [0, 0.1) is 5.92 Å². The minimum Gasteiger partial charge on any atom is -0.330 e. The third-order valence-electron chi connectivity index (χ3n) is 4.45. The Kier molecular flexibility index (Phi) is 5.62. The summed E-state index contributed by atoms with van der Waals surface area (Å²) in [7, 11) is 0. The molecule has 4 nitrogen and oxygen atoms in total. The zero-order chi connectivity index (χ0) is 13.9. The molecule has 116 valence electrons. The summed E-state index contributed by atoms with van der Waals surface area (Å²) >= 11 is 0. The van der Waals surface area contributed by atoms with Crippen LogP contribution in [0.25, 0.3) is 0 Å². The van der Waals surface area contributed by atoms with Gasteiger partial charge >= 0.3 is 0 Å². The van der Waals surface area contributed by atoms with Crippen molar-refractivity contribution in [2.24, 2.45) is 11.7 Å². The van der Waals surface area contributed by atoms with Crippen molar-refractivity contribution in [3.05, 3.63) is 29.3 Å². The van der Waals surface area contributed by atoms with Crippen LogP contribution in [0.3, 0.4) is 0 Å². The average Bonchev–Trinajstić information content (AvgIpc) is 3.06. The number of carbonyl (C=O) groups excluding carboxylic acids is 1.